The van der Waals surface area contributed by atoms with Crippen LogP contribution >= 0.6 is 0 Å². The van der Waals surface area contributed by atoms with Gasteiger partial charge in [-0.2, -0.15) is 0 Å². The van der Waals surface area contributed by atoms with Crippen LogP contribution in [0.2, 0.25) is 0 Å². The van der Waals surface area contributed by atoms with E-state index in [0.29, 0.717) is 18.8 Å². The third-order valence-electron chi connectivity index (χ3n) is 4.64. The second-order valence-corrected chi connectivity index (χ2v) is 6.10. The summed E-state index contributed by atoms with van der Waals surface area (Å²) in [5.41, 5.74) is 0.955. The summed E-state index contributed by atoms with van der Waals surface area (Å²) < 4.78 is 5.55. The quantitative estimate of drug-likeness (QED) is 0.941. The molecule has 0 aliphatic carbocycles. The van der Waals surface area contributed by atoms with Crippen LogP contribution in [0.15, 0.2) is 46.9 Å². The maximum Gasteiger partial charge on any atom is 0.289 e. The van der Waals surface area contributed by atoms with Crippen molar-refractivity contribution in [2.45, 2.75) is 32.3 Å². The number of rotatable bonds is 4. The number of carbonyl (C=O) groups excluding carboxylic acids is 1. The van der Waals surface area contributed by atoms with E-state index in [1.807, 2.05) is 48.2 Å². The molecule has 4 nitrogen and oxygen atoms in total. The van der Waals surface area contributed by atoms with Gasteiger partial charge in [-0.25, -0.2) is 0 Å². The summed E-state index contributed by atoms with van der Waals surface area (Å²) in [7, 11) is 0. The standard InChI is InChI=1S/C19H23NO3/c1-2-16-8-9-17(23-16)19(22)20-12-10-15(11-13-20)18(21)14-6-4-3-5-7-14/h3-9,15,18,21H,2,10-13H2,1H3. The van der Waals surface area contributed by atoms with Gasteiger partial charge in [0, 0.05) is 19.5 Å². The molecule has 1 aromatic heterocycles. The maximum atomic E-state index is 12.4. The largest absolute Gasteiger partial charge is 0.456 e. The molecular weight excluding hydrogens is 290 g/mol. The SMILES string of the molecule is CCc1ccc(C(=O)N2CCC(C(O)c3ccccc3)CC2)o1. The molecule has 122 valence electrons. The zero-order valence-electron chi connectivity index (χ0n) is 13.4. The first-order valence-electron chi connectivity index (χ1n) is 8.30. The zero-order chi connectivity index (χ0) is 16.2. The third-order valence-corrected chi connectivity index (χ3v) is 4.64. The van der Waals surface area contributed by atoms with Crippen LogP contribution in [0.4, 0.5) is 0 Å². The molecule has 0 radical (unpaired) electrons. The lowest BCUT2D eigenvalue weighted by molar-refractivity contribution is 0.0441. The average Bonchev–Trinajstić information content (AvgIpc) is 3.10. The molecule has 1 N–H and O–H groups in total. The molecule has 23 heavy (non-hydrogen) atoms. The molecular formula is C19H23NO3. The Morgan fingerprint density at radius 3 is 2.52 bits per heavy atom. The Balaban J connectivity index is 1.59. The summed E-state index contributed by atoms with van der Waals surface area (Å²) in [6.07, 6.45) is 1.95. The number of piperidine rings is 1. The van der Waals surface area contributed by atoms with Gasteiger partial charge >= 0.3 is 0 Å². The minimum Gasteiger partial charge on any atom is -0.456 e. The van der Waals surface area contributed by atoms with Crippen molar-refractivity contribution in [1.82, 2.24) is 4.90 Å². The minimum atomic E-state index is -0.455. The Kier molecular flexibility index (Phi) is 4.82. The molecule has 1 aliphatic rings. The predicted octanol–water partition coefficient (Wildman–Crippen LogP) is 3.43. The second-order valence-electron chi connectivity index (χ2n) is 6.10. The smallest absolute Gasteiger partial charge is 0.289 e. The number of hydrogen-bond acceptors (Lipinski definition) is 3. The normalized spacial score (nSPS) is 17.2. The summed E-state index contributed by atoms with van der Waals surface area (Å²) in [5.74, 6) is 1.41. The van der Waals surface area contributed by atoms with Crippen LogP contribution in [0.5, 0.6) is 0 Å². The maximum absolute atomic E-state index is 12.4. The van der Waals surface area contributed by atoms with E-state index in [9.17, 15) is 9.90 Å². The first-order chi connectivity index (χ1) is 11.2. The molecule has 1 fully saturated rings. The number of nitrogens with zero attached hydrogens (tertiary/aromatic N) is 1. The lowest BCUT2D eigenvalue weighted by Gasteiger charge is -2.34. The lowest BCUT2D eigenvalue weighted by atomic mass is 9.87. The second kappa shape index (κ2) is 7.01. The first kappa shape index (κ1) is 15.8. The molecule has 2 aromatic rings. The van der Waals surface area contributed by atoms with Crippen LogP contribution in [0.3, 0.4) is 0 Å². The number of carbonyl (C=O) groups is 1. The van der Waals surface area contributed by atoms with Gasteiger partial charge in [-0.1, -0.05) is 37.3 Å². The summed E-state index contributed by atoms with van der Waals surface area (Å²) >= 11 is 0. The number of likely N-dealkylation sites (tertiary alicyclic amines) is 1. The van der Waals surface area contributed by atoms with E-state index in [4.69, 9.17) is 4.42 Å². The van der Waals surface area contributed by atoms with Crippen LogP contribution < -0.4 is 0 Å². The number of aryl methyl sites for hydroxylation is 1. The van der Waals surface area contributed by atoms with Crippen molar-refractivity contribution in [2.24, 2.45) is 5.92 Å². The molecule has 4 heteroatoms. The fraction of sp³-hybridized carbons (Fsp3) is 0.421. The lowest BCUT2D eigenvalue weighted by Crippen LogP contribution is -2.39. The predicted molar refractivity (Wildman–Crippen MR) is 88.1 cm³/mol. The molecule has 1 aliphatic heterocycles. The van der Waals surface area contributed by atoms with Gasteiger partial charge in [0.2, 0.25) is 0 Å². The van der Waals surface area contributed by atoms with Gasteiger partial charge in [0.05, 0.1) is 6.10 Å². The van der Waals surface area contributed by atoms with Gasteiger partial charge in [0.25, 0.3) is 5.91 Å². The molecule has 2 heterocycles. The van der Waals surface area contributed by atoms with Gasteiger partial charge in [-0.15, -0.1) is 0 Å². The van der Waals surface area contributed by atoms with Crippen molar-refractivity contribution in [3.63, 3.8) is 0 Å². The molecule has 1 amide bonds. The van der Waals surface area contributed by atoms with Crippen LogP contribution in [0.25, 0.3) is 0 Å². The fourth-order valence-corrected chi connectivity index (χ4v) is 3.18. The van der Waals surface area contributed by atoms with Crippen molar-refractivity contribution >= 4 is 5.91 Å². The van der Waals surface area contributed by atoms with E-state index in [1.165, 1.54) is 0 Å². The van der Waals surface area contributed by atoms with Crippen LogP contribution in [-0.4, -0.2) is 29.0 Å². The van der Waals surface area contributed by atoms with Gasteiger partial charge in [0.1, 0.15) is 5.76 Å². The fourth-order valence-electron chi connectivity index (χ4n) is 3.18. The highest BCUT2D eigenvalue weighted by Crippen LogP contribution is 2.31. The van der Waals surface area contributed by atoms with Crippen molar-refractivity contribution in [3.05, 3.63) is 59.5 Å². The summed E-state index contributed by atoms with van der Waals surface area (Å²) in [4.78, 5) is 14.3. The third kappa shape index (κ3) is 3.48. The Morgan fingerprint density at radius 2 is 1.91 bits per heavy atom. The summed E-state index contributed by atoms with van der Waals surface area (Å²) in [6.45, 7) is 3.33. The van der Waals surface area contributed by atoms with E-state index < -0.39 is 6.10 Å². The molecule has 3 rings (SSSR count). The van der Waals surface area contributed by atoms with E-state index in [-0.39, 0.29) is 11.8 Å². The number of furan rings is 1. The molecule has 0 bridgehead atoms. The number of benzene rings is 1. The monoisotopic (exact) mass is 313 g/mol. The minimum absolute atomic E-state index is 0.0441. The Labute approximate surface area is 136 Å². The Hall–Kier alpha value is -2.07. The average molecular weight is 313 g/mol. The van der Waals surface area contributed by atoms with Crippen molar-refractivity contribution in [1.29, 1.82) is 0 Å². The highest BCUT2D eigenvalue weighted by molar-refractivity contribution is 5.91. The molecule has 1 saturated heterocycles. The zero-order valence-corrected chi connectivity index (χ0v) is 13.4. The van der Waals surface area contributed by atoms with Crippen LogP contribution in [0, 0.1) is 5.92 Å². The first-order valence-corrected chi connectivity index (χ1v) is 8.30. The number of amides is 1. The molecule has 1 atom stereocenters. The van der Waals surface area contributed by atoms with Crippen molar-refractivity contribution in [2.75, 3.05) is 13.1 Å². The van der Waals surface area contributed by atoms with E-state index in [2.05, 4.69) is 0 Å². The van der Waals surface area contributed by atoms with E-state index in [0.717, 1.165) is 30.6 Å². The van der Waals surface area contributed by atoms with E-state index >= 15 is 0 Å². The van der Waals surface area contributed by atoms with Crippen LogP contribution in [-0.2, 0) is 6.42 Å². The summed E-state index contributed by atoms with van der Waals surface area (Å²) in [6, 6.07) is 13.4. The van der Waals surface area contributed by atoms with Crippen molar-refractivity contribution < 1.29 is 14.3 Å². The molecule has 0 saturated carbocycles. The number of hydrogen-bond donors (Lipinski definition) is 1. The highest BCUT2D eigenvalue weighted by Gasteiger charge is 2.29. The van der Waals surface area contributed by atoms with Gasteiger partial charge in [0.15, 0.2) is 5.76 Å². The highest BCUT2D eigenvalue weighted by atomic mass is 16.4. The molecule has 1 aromatic carbocycles. The number of aliphatic hydroxyl groups is 1. The Bertz CT molecular complexity index is 642. The van der Waals surface area contributed by atoms with Gasteiger partial charge in [-0.05, 0) is 36.5 Å². The topological polar surface area (TPSA) is 53.7 Å². The molecule has 0 spiro atoms. The Morgan fingerprint density at radius 1 is 1.22 bits per heavy atom. The van der Waals surface area contributed by atoms with Gasteiger partial charge in [-0.3, -0.25) is 4.79 Å². The van der Waals surface area contributed by atoms with Crippen molar-refractivity contribution in [3.8, 4) is 0 Å². The van der Waals surface area contributed by atoms with Crippen LogP contribution in [0.1, 0.15) is 47.7 Å². The molecule has 1 unspecified atom stereocenters. The number of aliphatic hydroxyl groups excluding tert-OH is 1. The van der Waals surface area contributed by atoms with E-state index in [1.54, 1.807) is 6.07 Å². The van der Waals surface area contributed by atoms with Gasteiger partial charge < -0.3 is 14.4 Å². The summed E-state index contributed by atoms with van der Waals surface area (Å²) in [5, 5.41) is 10.5.